The third-order valence-electron chi connectivity index (χ3n) is 8.06. The van der Waals surface area contributed by atoms with E-state index in [0.29, 0.717) is 11.3 Å². The van der Waals surface area contributed by atoms with E-state index in [2.05, 4.69) is 71.3 Å². The Hall–Kier alpha value is -3.12. The molecule has 4 rings (SSSR count). The number of nitrogens with zero attached hydrogens (tertiary/aromatic N) is 1. The summed E-state index contributed by atoms with van der Waals surface area (Å²) in [6.45, 7) is 6.22. The van der Waals surface area contributed by atoms with Crippen LogP contribution in [0.2, 0.25) is 0 Å². The molecule has 12 heteroatoms. The van der Waals surface area contributed by atoms with Crippen LogP contribution >= 0.6 is 11.9 Å². The van der Waals surface area contributed by atoms with Gasteiger partial charge in [-0.1, -0.05) is 50.2 Å². The van der Waals surface area contributed by atoms with Crippen molar-refractivity contribution in [2.75, 3.05) is 20.8 Å². The van der Waals surface area contributed by atoms with Crippen molar-refractivity contribution in [2.45, 2.75) is 81.4 Å². The normalized spacial score (nSPS) is 22.6. The third kappa shape index (κ3) is 8.47. The molecule has 42 heavy (non-hydrogen) atoms. The summed E-state index contributed by atoms with van der Waals surface area (Å²) in [5.41, 5.74) is 2.67. The number of aliphatic carboxylic acids is 1. The predicted octanol–water partition coefficient (Wildman–Crippen LogP) is 6.15. The molecule has 0 spiro atoms. The lowest BCUT2D eigenvalue weighted by Crippen LogP contribution is -2.53. The first-order valence-electron chi connectivity index (χ1n) is 14.0. The van der Waals surface area contributed by atoms with E-state index in [0.717, 1.165) is 56.7 Å². The number of carbonyl (C=O) groups excluding carboxylic acids is 1. The molecule has 0 radical (unpaired) electrons. The lowest BCUT2D eigenvalue weighted by Gasteiger charge is -2.45. The number of likely N-dealkylation sites (tertiary alicyclic amines) is 1. The maximum absolute atomic E-state index is 12.6. The maximum Gasteiger partial charge on any atom is 0.490 e. The largest absolute Gasteiger partial charge is 0.493 e. The van der Waals surface area contributed by atoms with Gasteiger partial charge in [0.05, 0.1) is 14.2 Å². The van der Waals surface area contributed by atoms with Crippen LogP contribution in [-0.4, -0.2) is 66.3 Å². The third-order valence-corrected chi connectivity index (χ3v) is 9.10. The van der Waals surface area contributed by atoms with Gasteiger partial charge in [-0.25, -0.2) is 9.59 Å². The molecular weight excluding hydrogens is 571 g/mol. The number of halogens is 3. The van der Waals surface area contributed by atoms with Crippen molar-refractivity contribution in [3.8, 4) is 11.5 Å². The van der Waals surface area contributed by atoms with E-state index in [9.17, 15) is 18.0 Å². The molecule has 0 aromatic heterocycles. The summed E-state index contributed by atoms with van der Waals surface area (Å²) in [6.07, 6.45) is -0.0303. The van der Waals surface area contributed by atoms with E-state index in [1.807, 2.05) is 6.07 Å². The molecule has 3 N–H and O–H groups in total. The van der Waals surface area contributed by atoms with Crippen LogP contribution in [0.25, 0.3) is 0 Å². The van der Waals surface area contributed by atoms with Gasteiger partial charge in [-0.2, -0.15) is 13.2 Å². The monoisotopic (exact) mass is 611 g/mol. The number of alkyl halides is 3. The number of amides is 2. The first-order chi connectivity index (χ1) is 19.9. The van der Waals surface area contributed by atoms with Crippen LogP contribution in [0.3, 0.4) is 0 Å². The van der Waals surface area contributed by atoms with Crippen molar-refractivity contribution in [3.63, 3.8) is 0 Å². The molecule has 1 heterocycles. The van der Waals surface area contributed by atoms with Crippen LogP contribution in [0.5, 0.6) is 11.5 Å². The van der Waals surface area contributed by atoms with E-state index in [-0.39, 0.29) is 17.5 Å². The first-order valence-corrected chi connectivity index (χ1v) is 14.8. The number of benzene rings is 2. The molecule has 1 aliphatic carbocycles. The molecule has 0 bridgehead atoms. The Labute approximate surface area is 249 Å². The van der Waals surface area contributed by atoms with Gasteiger partial charge in [0.15, 0.2) is 11.5 Å². The fraction of sp³-hybridized carbons (Fsp3) is 0.533. The van der Waals surface area contributed by atoms with Crippen LogP contribution in [0.4, 0.5) is 18.0 Å². The molecule has 4 atom stereocenters. The number of carboxylic acid groups (broad SMARTS) is 1. The van der Waals surface area contributed by atoms with E-state index < -0.39 is 12.1 Å². The van der Waals surface area contributed by atoms with Gasteiger partial charge < -0.3 is 19.9 Å². The standard InChI is InChI=1S/C28H39N3O3S.C2HF3O2/c1-5-20(2)35-30-27(32)29-23-13-14-28(22-11-12-24(33-3)25(17-22)34-4)15-16-31(26(28)18-23)19-21-9-7-6-8-10-21;3-2(4,5)1(6)7/h6-12,17,20,23,26H,5,13-16,18-19H2,1-4H3,(H2,29,30,32);(H,6,7). The molecule has 8 nitrogen and oxygen atoms in total. The number of methoxy groups -OCH3 is 2. The Balaban J connectivity index is 0.000000616. The number of nitrogens with one attached hydrogen (secondary N) is 2. The summed E-state index contributed by atoms with van der Waals surface area (Å²) in [5.74, 6) is -1.22. The number of hydrogen-bond donors (Lipinski definition) is 3. The van der Waals surface area contributed by atoms with E-state index in [4.69, 9.17) is 19.4 Å². The van der Waals surface area contributed by atoms with Gasteiger partial charge in [0.1, 0.15) is 0 Å². The minimum absolute atomic E-state index is 0.0362. The van der Waals surface area contributed by atoms with Crippen molar-refractivity contribution in [2.24, 2.45) is 0 Å². The minimum atomic E-state index is -5.08. The Morgan fingerprint density at radius 1 is 1.12 bits per heavy atom. The highest BCUT2D eigenvalue weighted by molar-refractivity contribution is 7.98. The highest BCUT2D eigenvalue weighted by atomic mass is 32.2. The Bertz CT molecular complexity index is 1190. The molecular formula is C30H40F3N3O5S. The summed E-state index contributed by atoms with van der Waals surface area (Å²) in [7, 11) is 3.38. The number of carbonyl (C=O) groups is 2. The molecule has 2 aromatic carbocycles. The Morgan fingerprint density at radius 3 is 2.38 bits per heavy atom. The van der Waals surface area contributed by atoms with Gasteiger partial charge in [-0.05, 0) is 73.9 Å². The first kappa shape index (κ1) is 33.4. The second kappa shape index (κ2) is 14.9. The zero-order chi connectivity index (χ0) is 30.9. The average molecular weight is 612 g/mol. The van der Waals surface area contributed by atoms with Crippen molar-refractivity contribution >= 4 is 23.9 Å². The minimum Gasteiger partial charge on any atom is -0.493 e. The fourth-order valence-corrected chi connectivity index (χ4v) is 6.25. The zero-order valence-corrected chi connectivity index (χ0v) is 25.2. The second-order valence-electron chi connectivity index (χ2n) is 10.6. The van der Waals surface area contributed by atoms with Crippen LogP contribution in [-0.2, 0) is 16.8 Å². The van der Waals surface area contributed by atoms with Gasteiger partial charge in [0.2, 0.25) is 0 Å². The summed E-state index contributed by atoms with van der Waals surface area (Å²) in [5, 5.41) is 10.8. The number of fused-ring (bicyclic) bond motifs is 1. The molecule has 2 amide bonds. The molecule has 1 aliphatic heterocycles. The smallest absolute Gasteiger partial charge is 0.490 e. The van der Waals surface area contributed by atoms with Gasteiger partial charge in [-0.3, -0.25) is 9.62 Å². The number of ether oxygens (including phenoxy) is 2. The highest BCUT2D eigenvalue weighted by Gasteiger charge is 2.51. The van der Waals surface area contributed by atoms with Gasteiger partial charge in [0.25, 0.3) is 0 Å². The quantitative estimate of drug-likeness (QED) is 0.293. The summed E-state index contributed by atoms with van der Waals surface area (Å²) < 4.78 is 45.9. The van der Waals surface area contributed by atoms with Crippen molar-refractivity contribution in [3.05, 3.63) is 59.7 Å². The van der Waals surface area contributed by atoms with Crippen LogP contribution in [0.1, 0.15) is 57.1 Å². The van der Waals surface area contributed by atoms with E-state index >= 15 is 0 Å². The number of urea groups is 1. The number of rotatable bonds is 9. The van der Waals surface area contributed by atoms with Crippen LogP contribution < -0.4 is 19.5 Å². The SMILES string of the molecule is CCC(C)SNC(=O)NC1CCC2(c3ccc(OC)c(OC)c3)CCN(Cc3ccccc3)C2C1.O=C(O)C(F)(F)F. The lowest BCUT2D eigenvalue weighted by molar-refractivity contribution is -0.192. The van der Waals surface area contributed by atoms with E-state index in [1.54, 1.807) is 14.2 Å². The molecule has 2 aromatic rings. The van der Waals surface area contributed by atoms with Crippen LogP contribution in [0.15, 0.2) is 48.5 Å². The molecule has 4 unspecified atom stereocenters. The van der Waals surface area contributed by atoms with Gasteiger partial charge in [-0.15, -0.1) is 0 Å². The Kier molecular flexibility index (Phi) is 11.8. The molecule has 1 saturated carbocycles. The molecule has 1 saturated heterocycles. The summed E-state index contributed by atoms with van der Waals surface area (Å²) >= 11 is 1.50. The number of hydrogen-bond acceptors (Lipinski definition) is 6. The van der Waals surface area contributed by atoms with Crippen molar-refractivity contribution in [1.29, 1.82) is 0 Å². The summed E-state index contributed by atoms with van der Waals surface area (Å²) in [6, 6.07) is 17.5. The van der Waals surface area contributed by atoms with Gasteiger partial charge >= 0.3 is 18.2 Å². The second-order valence-corrected chi connectivity index (χ2v) is 11.9. The lowest BCUT2D eigenvalue weighted by atomic mass is 9.65. The average Bonchev–Trinajstić information content (AvgIpc) is 3.34. The zero-order valence-electron chi connectivity index (χ0n) is 24.4. The van der Waals surface area contributed by atoms with Gasteiger partial charge in [0, 0.05) is 29.3 Å². The summed E-state index contributed by atoms with van der Waals surface area (Å²) in [4.78, 5) is 24.1. The number of carboxylic acids is 1. The maximum atomic E-state index is 12.6. The van der Waals surface area contributed by atoms with E-state index in [1.165, 1.54) is 23.1 Å². The molecule has 232 valence electrons. The molecule has 2 fully saturated rings. The van der Waals surface area contributed by atoms with Crippen LogP contribution in [0, 0.1) is 0 Å². The van der Waals surface area contributed by atoms with Crippen molar-refractivity contribution in [1.82, 2.24) is 14.9 Å². The molecule has 2 aliphatic rings. The Morgan fingerprint density at radius 2 is 1.79 bits per heavy atom. The predicted molar refractivity (Wildman–Crippen MR) is 157 cm³/mol. The van der Waals surface area contributed by atoms with Crippen molar-refractivity contribution < 1.29 is 37.3 Å². The topological polar surface area (TPSA) is 100 Å². The highest BCUT2D eigenvalue weighted by Crippen LogP contribution is 2.50. The fourth-order valence-electron chi connectivity index (χ4n) is 5.72.